The molecule has 4 nitrogen and oxygen atoms in total. The molecule has 1 heterocycles. The summed E-state index contributed by atoms with van der Waals surface area (Å²) in [5, 5.41) is 17.7. The lowest BCUT2D eigenvalue weighted by molar-refractivity contribution is -0.147. The molecule has 1 amide bonds. The molecule has 34 heavy (non-hydrogen) atoms. The Morgan fingerprint density at radius 2 is 1.59 bits per heavy atom. The quantitative estimate of drug-likeness (QED) is 0.550. The highest BCUT2D eigenvalue weighted by Gasteiger charge is 2.59. The van der Waals surface area contributed by atoms with Crippen molar-refractivity contribution in [1.82, 2.24) is 10.2 Å². The Labute approximate surface area is 202 Å². The maximum Gasteiger partial charge on any atom is 0.257 e. The van der Waals surface area contributed by atoms with Crippen LogP contribution in [0.1, 0.15) is 49.8 Å². The molecule has 0 spiro atoms. The lowest BCUT2D eigenvalue weighted by atomic mass is 9.79. The van der Waals surface area contributed by atoms with Crippen molar-refractivity contribution in [2.24, 2.45) is 17.8 Å². The first-order chi connectivity index (χ1) is 16.6. The first-order valence-corrected chi connectivity index (χ1v) is 12.9. The number of piperidine rings is 1. The fourth-order valence-electron chi connectivity index (χ4n) is 6.75. The van der Waals surface area contributed by atoms with Gasteiger partial charge < -0.3 is 10.4 Å². The van der Waals surface area contributed by atoms with Crippen molar-refractivity contribution >= 4 is 16.7 Å². The monoisotopic (exact) mass is 454 g/mol. The molecule has 0 bridgehead atoms. The highest BCUT2D eigenvalue weighted by atomic mass is 16.3. The molecule has 176 valence electrons. The minimum atomic E-state index is -1.43. The smallest absolute Gasteiger partial charge is 0.257 e. The first kappa shape index (κ1) is 21.8. The van der Waals surface area contributed by atoms with Crippen LogP contribution in [0.25, 0.3) is 10.8 Å². The molecule has 1 aliphatic heterocycles. The van der Waals surface area contributed by atoms with E-state index in [0.717, 1.165) is 44.3 Å². The third-order valence-corrected chi connectivity index (χ3v) is 8.85. The Bertz CT molecular complexity index is 1170. The third-order valence-electron chi connectivity index (χ3n) is 8.85. The fourth-order valence-corrected chi connectivity index (χ4v) is 6.75. The van der Waals surface area contributed by atoms with Crippen molar-refractivity contribution < 1.29 is 9.90 Å². The van der Waals surface area contributed by atoms with Gasteiger partial charge in [0, 0.05) is 31.1 Å². The van der Waals surface area contributed by atoms with Gasteiger partial charge in [-0.1, -0.05) is 85.6 Å². The first-order valence-electron chi connectivity index (χ1n) is 12.9. The average Bonchev–Trinajstić information content (AvgIpc) is 3.29. The van der Waals surface area contributed by atoms with Crippen LogP contribution in [0.15, 0.2) is 72.8 Å². The van der Waals surface area contributed by atoms with Crippen LogP contribution in [0.3, 0.4) is 0 Å². The predicted octanol–water partition coefficient (Wildman–Crippen LogP) is 5.03. The second-order valence-electron chi connectivity index (χ2n) is 10.6. The van der Waals surface area contributed by atoms with E-state index in [2.05, 4.69) is 59.6 Å². The Kier molecular flexibility index (Phi) is 5.46. The highest BCUT2D eigenvalue weighted by molar-refractivity contribution is 5.87. The summed E-state index contributed by atoms with van der Waals surface area (Å²) < 4.78 is 0. The van der Waals surface area contributed by atoms with Gasteiger partial charge in [-0.3, -0.25) is 9.69 Å². The van der Waals surface area contributed by atoms with E-state index in [1.165, 1.54) is 16.3 Å². The molecule has 3 aliphatic rings. The van der Waals surface area contributed by atoms with Crippen LogP contribution in [0.4, 0.5) is 0 Å². The third kappa shape index (κ3) is 3.55. The van der Waals surface area contributed by atoms with Gasteiger partial charge in [-0.05, 0) is 53.5 Å². The zero-order valence-corrected chi connectivity index (χ0v) is 19.9. The summed E-state index contributed by atoms with van der Waals surface area (Å²) in [5.74, 6) is 0.755. The number of carbonyl (C=O) groups is 1. The summed E-state index contributed by atoms with van der Waals surface area (Å²) in [6.07, 6.45) is 3.99. The van der Waals surface area contributed by atoms with Crippen LogP contribution in [0.5, 0.6) is 0 Å². The van der Waals surface area contributed by atoms with Gasteiger partial charge >= 0.3 is 0 Å². The van der Waals surface area contributed by atoms with E-state index in [0.29, 0.717) is 17.9 Å². The van der Waals surface area contributed by atoms with Crippen LogP contribution < -0.4 is 5.32 Å². The van der Waals surface area contributed by atoms with Crippen molar-refractivity contribution in [2.75, 3.05) is 13.1 Å². The van der Waals surface area contributed by atoms with E-state index in [1.807, 2.05) is 30.3 Å². The predicted molar refractivity (Wildman–Crippen MR) is 135 cm³/mol. The number of benzene rings is 3. The largest absolute Gasteiger partial charge is 0.375 e. The maximum absolute atomic E-state index is 13.5. The van der Waals surface area contributed by atoms with Crippen molar-refractivity contribution in [3.05, 3.63) is 83.9 Å². The fraction of sp³-hybridized carbons (Fsp3) is 0.433. The molecule has 2 N–H and O–H groups in total. The van der Waals surface area contributed by atoms with Gasteiger partial charge in [0.25, 0.3) is 5.91 Å². The van der Waals surface area contributed by atoms with E-state index in [9.17, 15) is 9.90 Å². The lowest BCUT2D eigenvalue weighted by Gasteiger charge is -2.34. The lowest BCUT2D eigenvalue weighted by Crippen LogP contribution is -2.51. The second kappa shape index (κ2) is 8.51. The van der Waals surface area contributed by atoms with Crippen LogP contribution >= 0.6 is 0 Å². The summed E-state index contributed by atoms with van der Waals surface area (Å²) in [5.41, 5.74) is 0.681. The van der Waals surface area contributed by atoms with Crippen molar-refractivity contribution in [3.63, 3.8) is 0 Å². The SMILES string of the molecule is CC(c1cccc2ccccc12)N1C[C@@H]2C(NC(=O)C(O)(c3ccccc3)C3CCCC3)[C@@H]2C1. The van der Waals surface area contributed by atoms with Crippen LogP contribution in [0, 0.1) is 17.8 Å². The normalized spacial score (nSPS) is 27.3. The van der Waals surface area contributed by atoms with Gasteiger partial charge in [-0.15, -0.1) is 0 Å². The number of nitrogens with zero attached hydrogens (tertiary/aromatic N) is 1. The molecular weight excluding hydrogens is 420 g/mol. The molecule has 1 saturated heterocycles. The highest BCUT2D eigenvalue weighted by Crippen LogP contribution is 2.49. The van der Waals surface area contributed by atoms with Gasteiger partial charge in [-0.25, -0.2) is 0 Å². The zero-order valence-electron chi connectivity index (χ0n) is 19.9. The van der Waals surface area contributed by atoms with Gasteiger partial charge in [0.15, 0.2) is 5.60 Å². The molecule has 0 aromatic heterocycles. The summed E-state index contributed by atoms with van der Waals surface area (Å²) >= 11 is 0. The molecule has 6 rings (SSSR count). The average molecular weight is 455 g/mol. The van der Waals surface area contributed by atoms with Gasteiger partial charge in [0.05, 0.1) is 0 Å². The second-order valence-corrected chi connectivity index (χ2v) is 10.6. The summed E-state index contributed by atoms with van der Waals surface area (Å²) in [4.78, 5) is 16.1. The van der Waals surface area contributed by atoms with E-state index in [1.54, 1.807) is 0 Å². The zero-order chi connectivity index (χ0) is 23.3. The number of nitrogens with one attached hydrogen (secondary N) is 1. The van der Waals surface area contributed by atoms with Crippen LogP contribution in [-0.2, 0) is 10.4 Å². The van der Waals surface area contributed by atoms with E-state index in [-0.39, 0.29) is 17.9 Å². The molecule has 2 aliphatic carbocycles. The molecule has 5 atom stereocenters. The Hall–Kier alpha value is -2.69. The van der Waals surface area contributed by atoms with E-state index in [4.69, 9.17) is 0 Å². The van der Waals surface area contributed by atoms with Gasteiger partial charge in [0.2, 0.25) is 0 Å². The number of aliphatic hydroxyl groups is 1. The van der Waals surface area contributed by atoms with Crippen molar-refractivity contribution in [1.29, 1.82) is 0 Å². The standard InChI is InChI=1S/C30H34N2O2/c1-20(24-17-9-11-21-10-5-8-16-25(21)24)32-18-26-27(19-32)28(26)31-29(33)30(34,23-14-6-7-15-23)22-12-3-2-4-13-22/h2-5,8-13,16-17,20,23,26-28,34H,6-7,14-15,18-19H2,1H3,(H,31,33)/t20?,26-,27+,28?,30?. The molecule has 3 aromatic rings. The van der Waals surface area contributed by atoms with Gasteiger partial charge in [-0.2, -0.15) is 0 Å². The van der Waals surface area contributed by atoms with E-state index < -0.39 is 5.60 Å². The number of fused-ring (bicyclic) bond motifs is 2. The maximum atomic E-state index is 13.5. The summed E-state index contributed by atoms with van der Waals surface area (Å²) in [7, 11) is 0. The number of hydrogen-bond donors (Lipinski definition) is 2. The van der Waals surface area contributed by atoms with Crippen LogP contribution in [-0.4, -0.2) is 35.0 Å². The molecule has 3 aromatic carbocycles. The Morgan fingerprint density at radius 3 is 2.32 bits per heavy atom. The Balaban J connectivity index is 1.15. The molecule has 0 radical (unpaired) electrons. The topological polar surface area (TPSA) is 52.6 Å². The van der Waals surface area contributed by atoms with Crippen molar-refractivity contribution in [3.8, 4) is 0 Å². The summed E-state index contributed by atoms with van der Waals surface area (Å²) in [6, 6.07) is 25.3. The minimum absolute atomic E-state index is 0.00336. The number of carbonyl (C=O) groups excluding carboxylic acids is 1. The molecule has 4 heteroatoms. The molecule has 3 unspecified atom stereocenters. The number of likely N-dealkylation sites (tertiary alicyclic amines) is 1. The summed E-state index contributed by atoms with van der Waals surface area (Å²) in [6.45, 7) is 4.29. The van der Waals surface area contributed by atoms with Crippen LogP contribution in [0.2, 0.25) is 0 Å². The molecule has 3 fully saturated rings. The van der Waals surface area contributed by atoms with E-state index >= 15 is 0 Å². The minimum Gasteiger partial charge on any atom is -0.375 e. The number of amides is 1. The molecule has 2 saturated carbocycles. The molecular formula is C30H34N2O2. The Morgan fingerprint density at radius 1 is 0.941 bits per heavy atom. The van der Waals surface area contributed by atoms with Gasteiger partial charge in [0.1, 0.15) is 0 Å². The number of rotatable bonds is 6. The number of hydrogen-bond acceptors (Lipinski definition) is 3. The van der Waals surface area contributed by atoms with Crippen molar-refractivity contribution in [2.45, 2.75) is 50.3 Å².